The Morgan fingerprint density at radius 2 is 1.93 bits per heavy atom. The number of aliphatic carboxylic acids is 1. The first kappa shape index (κ1) is 19.0. The van der Waals surface area contributed by atoms with Gasteiger partial charge in [-0.25, -0.2) is 4.79 Å². The van der Waals surface area contributed by atoms with Gasteiger partial charge in [-0.3, -0.25) is 4.79 Å². The lowest BCUT2D eigenvalue weighted by molar-refractivity contribution is -0.148. The van der Waals surface area contributed by atoms with Gasteiger partial charge in [-0.2, -0.15) is 8.78 Å². The topological polar surface area (TPSA) is 76.1 Å². The Labute approximate surface area is 161 Å². The van der Waals surface area contributed by atoms with Crippen molar-refractivity contribution in [1.82, 2.24) is 4.90 Å². The first-order valence-corrected chi connectivity index (χ1v) is 9.67. The van der Waals surface area contributed by atoms with Gasteiger partial charge < -0.3 is 19.5 Å². The highest BCUT2D eigenvalue weighted by atomic mass is 19.3. The standard InChI is InChI=1S/C20H23F2NO5/c21-20(22)28-16-6-5-13(8-17(16)27-10-11-1-2-11)14-7-15(19(25)26)23(9-14)18(24)12-3-4-12/h5-6,8,11-12,14-15,20H,1-4,7,9-10H2,(H,25,26)/t14?,15-/m0/s1. The summed E-state index contributed by atoms with van der Waals surface area (Å²) in [7, 11) is 0. The number of alkyl halides is 2. The van der Waals surface area contributed by atoms with Crippen molar-refractivity contribution in [1.29, 1.82) is 0 Å². The molecule has 1 aromatic rings. The SMILES string of the molecule is O=C(O)[C@@H]1CC(c2ccc(OC(F)F)c(OCC3CC3)c2)CN1C(=O)C1CC1. The van der Waals surface area contributed by atoms with Crippen molar-refractivity contribution >= 4 is 11.9 Å². The number of hydrogen-bond donors (Lipinski definition) is 1. The molecule has 152 valence electrons. The minimum absolute atomic E-state index is 0.0295. The number of carbonyl (C=O) groups excluding carboxylic acids is 1. The Bertz CT molecular complexity index is 763. The summed E-state index contributed by atoms with van der Waals surface area (Å²) in [6, 6.07) is 3.88. The number of hydrogen-bond acceptors (Lipinski definition) is 4. The molecule has 28 heavy (non-hydrogen) atoms. The van der Waals surface area contributed by atoms with Crippen LogP contribution in [0, 0.1) is 11.8 Å². The maximum Gasteiger partial charge on any atom is 0.387 e. The van der Waals surface area contributed by atoms with Gasteiger partial charge in [0.1, 0.15) is 6.04 Å². The van der Waals surface area contributed by atoms with E-state index in [0.717, 1.165) is 31.2 Å². The Hall–Kier alpha value is -2.38. The van der Waals surface area contributed by atoms with Crippen LogP contribution in [0.25, 0.3) is 0 Å². The highest BCUT2D eigenvalue weighted by Gasteiger charge is 2.44. The summed E-state index contributed by atoms with van der Waals surface area (Å²) < 4.78 is 35.6. The summed E-state index contributed by atoms with van der Waals surface area (Å²) in [5.41, 5.74) is 0.768. The number of carbonyl (C=O) groups is 2. The molecule has 1 aliphatic heterocycles. The summed E-state index contributed by atoms with van der Waals surface area (Å²) in [6.07, 6.45) is 4.04. The van der Waals surface area contributed by atoms with E-state index in [1.807, 2.05) is 0 Å². The summed E-state index contributed by atoms with van der Waals surface area (Å²) in [6.45, 7) is -2.20. The molecule has 4 rings (SSSR count). The van der Waals surface area contributed by atoms with Gasteiger partial charge in [0, 0.05) is 18.4 Å². The third kappa shape index (κ3) is 4.20. The van der Waals surface area contributed by atoms with Crippen molar-refractivity contribution in [2.45, 2.75) is 50.7 Å². The van der Waals surface area contributed by atoms with Crippen molar-refractivity contribution in [3.8, 4) is 11.5 Å². The van der Waals surface area contributed by atoms with Crippen molar-refractivity contribution in [3.05, 3.63) is 23.8 Å². The van der Waals surface area contributed by atoms with E-state index in [-0.39, 0.29) is 29.2 Å². The van der Waals surface area contributed by atoms with Gasteiger partial charge in [0.2, 0.25) is 5.91 Å². The molecule has 0 bridgehead atoms. The van der Waals surface area contributed by atoms with Crippen LogP contribution < -0.4 is 9.47 Å². The smallest absolute Gasteiger partial charge is 0.387 e. The van der Waals surface area contributed by atoms with Crippen LogP contribution in [0.4, 0.5) is 8.78 Å². The second-order valence-electron chi connectivity index (χ2n) is 7.89. The fraction of sp³-hybridized carbons (Fsp3) is 0.600. The second-order valence-corrected chi connectivity index (χ2v) is 7.89. The van der Waals surface area contributed by atoms with Crippen LogP contribution in [0.1, 0.15) is 43.6 Å². The maximum atomic E-state index is 12.7. The highest BCUT2D eigenvalue weighted by Crippen LogP contribution is 2.41. The number of rotatable bonds is 8. The predicted molar refractivity (Wildman–Crippen MR) is 94.5 cm³/mol. The maximum absolute atomic E-state index is 12.7. The lowest BCUT2D eigenvalue weighted by atomic mass is 9.96. The minimum atomic E-state index is -2.95. The van der Waals surface area contributed by atoms with E-state index in [1.54, 1.807) is 12.1 Å². The number of nitrogens with zero attached hydrogens (tertiary/aromatic N) is 1. The Kier molecular flexibility index (Phi) is 5.12. The molecular formula is C20H23F2NO5. The molecule has 3 fully saturated rings. The average Bonchev–Trinajstić information content (AvgIpc) is 3.57. The molecule has 2 atom stereocenters. The number of benzene rings is 1. The molecule has 1 unspecified atom stereocenters. The minimum Gasteiger partial charge on any atom is -0.489 e. The van der Waals surface area contributed by atoms with Crippen LogP contribution in [0.5, 0.6) is 11.5 Å². The Morgan fingerprint density at radius 3 is 2.54 bits per heavy atom. The fourth-order valence-electron chi connectivity index (χ4n) is 3.70. The van der Waals surface area contributed by atoms with Gasteiger partial charge >= 0.3 is 12.6 Å². The molecule has 1 aromatic carbocycles. The van der Waals surface area contributed by atoms with Crippen molar-refractivity contribution in [2.75, 3.05) is 13.2 Å². The van der Waals surface area contributed by atoms with Gasteiger partial charge in [-0.15, -0.1) is 0 Å². The summed E-state index contributed by atoms with van der Waals surface area (Å²) in [4.78, 5) is 25.6. The fourth-order valence-corrected chi connectivity index (χ4v) is 3.70. The van der Waals surface area contributed by atoms with Crippen LogP contribution in [-0.4, -0.2) is 47.7 Å². The van der Waals surface area contributed by atoms with Crippen LogP contribution >= 0.6 is 0 Å². The molecule has 1 heterocycles. The van der Waals surface area contributed by atoms with Crippen LogP contribution in [0.2, 0.25) is 0 Å². The lowest BCUT2D eigenvalue weighted by Gasteiger charge is -2.21. The largest absolute Gasteiger partial charge is 0.489 e. The summed E-state index contributed by atoms with van der Waals surface area (Å²) in [5, 5.41) is 9.53. The molecule has 1 N–H and O–H groups in total. The molecule has 8 heteroatoms. The van der Waals surface area contributed by atoms with Crippen molar-refractivity contribution in [2.24, 2.45) is 11.8 Å². The second kappa shape index (κ2) is 7.56. The number of carboxylic acids is 1. The highest BCUT2D eigenvalue weighted by molar-refractivity contribution is 5.87. The summed E-state index contributed by atoms with van der Waals surface area (Å²) >= 11 is 0. The first-order chi connectivity index (χ1) is 13.4. The normalized spacial score (nSPS) is 24.5. The van der Waals surface area contributed by atoms with Crippen LogP contribution in [0.3, 0.4) is 0 Å². The number of ether oxygens (including phenoxy) is 2. The predicted octanol–water partition coefficient (Wildman–Crippen LogP) is 3.26. The van der Waals surface area contributed by atoms with E-state index in [1.165, 1.54) is 11.0 Å². The van der Waals surface area contributed by atoms with E-state index >= 15 is 0 Å². The van der Waals surface area contributed by atoms with E-state index in [9.17, 15) is 23.5 Å². The number of carboxylic acid groups (broad SMARTS) is 1. The number of amides is 1. The zero-order chi connectivity index (χ0) is 19.8. The van der Waals surface area contributed by atoms with E-state index in [2.05, 4.69) is 4.74 Å². The third-order valence-electron chi connectivity index (χ3n) is 5.62. The van der Waals surface area contributed by atoms with Crippen LogP contribution in [-0.2, 0) is 9.59 Å². The zero-order valence-electron chi connectivity index (χ0n) is 15.4. The number of halogens is 2. The van der Waals surface area contributed by atoms with Gasteiger partial charge in [0.25, 0.3) is 0 Å². The zero-order valence-corrected chi connectivity index (χ0v) is 15.4. The van der Waals surface area contributed by atoms with Gasteiger partial charge in [0.15, 0.2) is 11.5 Å². The van der Waals surface area contributed by atoms with Gasteiger partial charge in [0.05, 0.1) is 6.61 Å². The van der Waals surface area contributed by atoms with E-state index in [4.69, 9.17) is 4.74 Å². The summed E-state index contributed by atoms with van der Waals surface area (Å²) in [5.74, 6) is -0.705. The number of likely N-dealkylation sites (tertiary alicyclic amines) is 1. The monoisotopic (exact) mass is 395 g/mol. The molecule has 0 radical (unpaired) electrons. The Morgan fingerprint density at radius 1 is 1.18 bits per heavy atom. The van der Waals surface area contributed by atoms with Gasteiger partial charge in [-0.1, -0.05) is 6.07 Å². The van der Waals surface area contributed by atoms with Crippen LogP contribution in [0.15, 0.2) is 18.2 Å². The molecular weight excluding hydrogens is 372 g/mol. The van der Waals surface area contributed by atoms with Crippen molar-refractivity contribution < 1.29 is 33.0 Å². The first-order valence-electron chi connectivity index (χ1n) is 9.67. The molecule has 0 aromatic heterocycles. The van der Waals surface area contributed by atoms with E-state index in [0.29, 0.717) is 25.5 Å². The molecule has 0 spiro atoms. The molecule has 3 aliphatic rings. The lowest BCUT2D eigenvalue weighted by Crippen LogP contribution is -2.41. The quantitative estimate of drug-likeness (QED) is 0.731. The average molecular weight is 395 g/mol. The molecule has 1 saturated heterocycles. The molecule has 6 nitrogen and oxygen atoms in total. The molecule has 2 aliphatic carbocycles. The molecule has 1 amide bonds. The van der Waals surface area contributed by atoms with Crippen molar-refractivity contribution in [3.63, 3.8) is 0 Å². The third-order valence-corrected chi connectivity index (χ3v) is 5.62. The van der Waals surface area contributed by atoms with Gasteiger partial charge in [-0.05, 0) is 55.7 Å². The van der Waals surface area contributed by atoms with E-state index < -0.39 is 18.6 Å². The molecule has 2 saturated carbocycles. The Balaban J connectivity index is 1.54.